The van der Waals surface area contributed by atoms with Crippen molar-refractivity contribution >= 4 is 11.8 Å². The maximum Gasteiger partial charge on any atom is 0.239 e. The van der Waals surface area contributed by atoms with E-state index in [1.165, 1.54) is 23.1 Å². The van der Waals surface area contributed by atoms with Crippen molar-refractivity contribution in [1.29, 1.82) is 0 Å². The number of hydrogen-bond acceptors (Lipinski definition) is 3. The molecule has 0 aliphatic heterocycles. The van der Waals surface area contributed by atoms with Gasteiger partial charge in [0.1, 0.15) is 5.82 Å². The molecule has 0 saturated carbocycles. The van der Waals surface area contributed by atoms with Gasteiger partial charge in [-0.2, -0.15) is 0 Å². The first-order chi connectivity index (χ1) is 9.97. The molecule has 2 N–H and O–H groups in total. The SMILES string of the molecule is CCNC(=O)CN(CC)C(=O)CC(O)c1cccc(F)c1. The van der Waals surface area contributed by atoms with Gasteiger partial charge < -0.3 is 15.3 Å². The average molecular weight is 296 g/mol. The van der Waals surface area contributed by atoms with E-state index in [4.69, 9.17) is 0 Å². The lowest BCUT2D eigenvalue weighted by Crippen LogP contribution is -2.41. The van der Waals surface area contributed by atoms with Gasteiger partial charge >= 0.3 is 0 Å². The molecule has 2 amide bonds. The van der Waals surface area contributed by atoms with E-state index in [1.54, 1.807) is 19.9 Å². The van der Waals surface area contributed by atoms with Crippen molar-refractivity contribution < 1.29 is 19.1 Å². The average Bonchev–Trinajstić information content (AvgIpc) is 2.44. The molecule has 1 rings (SSSR count). The van der Waals surface area contributed by atoms with E-state index in [0.29, 0.717) is 18.7 Å². The Morgan fingerprint density at radius 2 is 2.10 bits per heavy atom. The fraction of sp³-hybridized carbons (Fsp3) is 0.467. The highest BCUT2D eigenvalue weighted by Gasteiger charge is 2.20. The highest BCUT2D eigenvalue weighted by atomic mass is 19.1. The Labute approximate surface area is 123 Å². The number of aliphatic hydroxyl groups excluding tert-OH is 1. The molecule has 5 nitrogen and oxygen atoms in total. The minimum absolute atomic E-state index is 0.0426. The van der Waals surface area contributed by atoms with E-state index in [0.717, 1.165) is 0 Å². The van der Waals surface area contributed by atoms with Crippen LogP contribution < -0.4 is 5.32 Å². The Morgan fingerprint density at radius 3 is 2.67 bits per heavy atom. The summed E-state index contributed by atoms with van der Waals surface area (Å²) in [6, 6.07) is 5.50. The standard InChI is InChI=1S/C15H21FN2O3/c1-3-17-14(20)10-18(4-2)15(21)9-13(19)11-6-5-7-12(16)8-11/h5-8,13,19H,3-4,9-10H2,1-2H3,(H,17,20). The highest BCUT2D eigenvalue weighted by molar-refractivity contribution is 5.85. The predicted molar refractivity (Wildman–Crippen MR) is 76.9 cm³/mol. The summed E-state index contributed by atoms with van der Waals surface area (Å²) >= 11 is 0. The number of likely N-dealkylation sites (N-methyl/N-ethyl adjacent to an activating group) is 2. The van der Waals surface area contributed by atoms with Crippen LogP contribution in [0.15, 0.2) is 24.3 Å². The van der Waals surface area contributed by atoms with Crippen molar-refractivity contribution in [3.05, 3.63) is 35.6 Å². The van der Waals surface area contributed by atoms with Gasteiger partial charge in [0.2, 0.25) is 11.8 Å². The van der Waals surface area contributed by atoms with Crippen LogP contribution in [-0.4, -0.2) is 41.5 Å². The minimum Gasteiger partial charge on any atom is -0.388 e. The van der Waals surface area contributed by atoms with Gasteiger partial charge in [0.15, 0.2) is 0 Å². The van der Waals surface area contributed by atoms with Crippen LogP contribution in [0.5, 0.6) is 0 Å². The monoisotopic (exact) mass is 296 g/mol. The Balaban J connectivity index is 2.63. The van der Waals surface area contributed by atoms with Gasteiger partial charge in [0.05, 0.1) is 19.1 Å². The van der Waals surface area contributed by atoms with Gasteiger partial charge in [0.25, 0.3) is 0 Å². The molecule has 0 radical (unpaired) electrons. The summed E-state index contributed by atoms with van der Waals surface area (Å²) in [6.07, 6.45) is -1.27. The first kappa shape index (κ1) is 17.1. The molecule has 0 saturated heterocycles. The van der Waals surface area contributed by atoms with Crippen LogP contribution in [0.2, 0.25) is 0 Å². The smallest absolute Gasteiger partial charge is 0.239 e. The van der Waals surface area contributed by atoms with Crippen LogP contribution in [0.1, 0.15) is 31.9 Å². The number of rotatable bonds is 7. The van der Waals surface area contributed by atoms with Gasteiger partial charge in [-0.05, 0) is 31.5 Å². The molecule has 116 valence electrons. The molecule has 1 unspecified atom stereocenters. The summed E-state index contributed by atoms with van der Waals surface area (Å²) in [7, 11) is 0. The van der Waals surface area contributed by atoms with Crippen LogP contribution in [0.3, 0.4) is 0 Å². The summed E-state index contributed by atoms with van der Waals surface area (Å²) in [5, 5.41) is 12.6. The third kappa shape index (κ3) is 5.51. The van der Waals surface area contributed by atoms with Crippen molar-refractivity contribution in [3.8, 4) is 0 Å². The Morgan fingerprint density at radius 1 is 1.38 bits per heavy atom. The summed E-state index contributed by atoms with van der Waals surface area (Å²) in [5.74, 6) is -1.05. The summed E-state index contributed by atoms with van der Waals surface area (Å²) in [5.41, 5.74) is 0.345. The fourth-order valence-electron chi connectivity index (χ4n) is 1.93. The molecule has 0 aliphatic carbocycles. The van der Waals surface area contributed by atoms with Crippen LogP contribution in [-0.2, 0) is 9.59 Å². The molecule has 6 heteroatoms. The maximum atomic E-state index is 13.1. The molecule has 0 bridgehead atoms. The molecule has 0 aliphatic rings. The number of halogens is 1. The number of amides is 2. The van der Waals surface area contributed by atoms with E-state index in [9.17, 15) is 19.1 Å². The van der Waals surface area contributed by atoms with E-state index in [2.05, 4.69) is 5.32 Å². The van der Waals surface area contributed by atoms with E-state index in [-0.39, 0.29) is 24.8 Å². The number of carbonyl (C=O) groups is 2. The number of carbonyl (C=O) groups excluding carboxylic acids is 2. The molecule has 1 aromatic rings. The van der Waals surface area contributed by atoms with Crippen molar-refractivity contribution in [2.75, 3.05) is 19.6 Å². The van der Waals surface area contributed by atoms with Crippen LogP contribution in [0.25, 0.3) is 0 Å². The summed E-state index contributed by atoms with van der Waals surface area (Å²) in [4.78, 5) is 24.9. The predicted octanol–water partition coefficient (Wildman–Crippen LogP) is 1.23. The molecular formula is C15H21FN2O3. The quantitative estimate of drug-likeness (QED) is 0.795. The van der Waals surface area contributed by atoms with Crippen molar-refractivity contribution in [1.82, 2.24) is 10.2 Å². The summed E-state index contributed by atoms with van der Waals surface area (Å²) < 4.78 is 13.1. The molecule has 0 aromatic heterocycles. The van der Waals surface area contributed by atoms with Crippen LogP contribution in [0, 0.1) is 5.82 Å². The third-order valence-corrected chi connectivity index (χ3v) is 3.04. The lowest BCUT2D eigenvalue weighted by Gasteiger charge is -2.22. The Kier molecular flexibility index (Phi) is 6.81. The first-order valence-electron chi connectivity index (χ1n) is 6.95. The highest BCUT2D eigenvalue weighted by Crippen LogP contribution is 2.18. The van der Waals surface area contributed by atoms with E-state index < -0.39 is 11.9 Å². The van der Waals surface area contributed by atoms with Gasteiger partial charge in [0, 0.05) is 13.1 Å². The topological polar surface area (TPSA) is 69.6 Å². The maximum absolute atomic E-state index is 13.1. The second kappa shape index (κ2) is 8.36. The Bertz CT molecular complexity index is 494. The third-order valence-electron chi connectivity index (χ3n) is 3.04. The number of benzene rings is 1. The normalized spacial score (nSPS) is 11.8. The molecule has 0 heterocycles. The van der Waals surface area contributed by atoms with Crippen LogP contribution >= 0.6 is 0 Å². The van der Waals surface area contributed by atoms with Gasteiger partial charge in [-0.1, -0.05) is 12.1 Å². The second-order valence-electron chi connectivity index (χ2n) is 4.64. The first-order valence-corrected chi connectivity index (χ1v) is 6.95. The lowest BCUT2D eigenvalue weighted by molar-refractivity contribution is -0.137. The molecular weight excluding hydrogens is 275 g/mol. The van der Waals surface area contributed by atoms with E-state index in [1.807, 2.05) is 0 Å². The van der Waals surface area contributed by atoms with Crippen LogP contribution in [0.4, 0.5) is 4.39 Å². The number of nitrogens with zero attached hydrogens (tertiary/aromatic N) is 1. The number of hydrogen-bond donors (Lipinski definition) is 2. The minimum atomic E-state index is -1.09. The van der Waals surface area contributed by atoms with Gasteiger partial charge in [-0.3, -0.25) is 9.59 Å². The van der Waals surface area contributed by atoms with Gasteiger partial charge in [-0.15, -0.1) is 0 Å². The number of aliphatic hydroxyl groups is 1. The molecule has 21 heavy (non-hydrogen) atoms. The molecule has 1 aromatic carbocycles. The molecule has 0 spiro atoms. The lowest BCUT2D eigenvalue weighted by atomic mass is 10.1. The second-order valence-corrected chi connectivity index (χ2v) is 4.64. The zero-order chi connectivity index (χ0) is 15.8. The zero-order valence-corrected chi connectivity index (χ0v) is 12.3. The van der Waals surface area contributed by atoms with Gasteiger partial charge in [-0.25, -0.2) is 4.39 Å². The number of nitrogens with one attached hydrogen (secondary N) is 1. The molecule has 0 fully saturated rings. The van der Waals surface area contributed by atoms with Crippen molar-refractivity contribution in [2.24, 2.45) is 0 Å². The Hall–Kier alpha value is -1.95. The molecule has 1 atom stereocenters. The largest absolute Gasteiger partial charge is 0.388 e. The summed E-state index contributed by atoms with van der Waals surface area (Å²) in [6.45, 7) is 4.37. The van der Waals surface area contributed by atoms with E-state index >= 15 is 0 Å². The fourth-order valence-corrected chi connectivity index (χ4v) is 1.93. The van der Waals surface area contributed by atoms with Crippen molar-refractivity contribution in [2.45, 2.75) is 26.4 Å². The zero-order valence-electron chi connectivity index (χ0n) is 12.3. The van der Waals surface area contributed by atoms with Crippen molar-refractivity contribution in [3.63, 3.8) is 0 Å².